The van der Waals surface area contributed by atoms with Crippen molar-refractivity contribution in [1.82, 2.24) is 0 Å². The molecule has 2 aromatic rings. The molecular weight excluding hydrogens is 378 g/mol. The van der Waals surface area contributed by atoms with E-state index in [1.807, 2.05) is 6.07 Å². The first-order chi connectivity index (χ1) is 11.9. The zero-order chi connectivity index (χ0) is 17.8. The second kappa shape index (κ2) is 5.53. The molecule has 0 fully saturated rings. The molecule has 0 amide bonds. The van der Waals surface area contributed by atoms with Crippen molar-refractivity contribution >= 4 is 27.7 Å². The van der Waals surface area contributed by atoms with Crippen molar-refractivity contribution in [2.24, 2.45) is 0 Å². The predicted molar refractivity (Wildman–Crippen MR) is 106 cm³/mol. The molecule has 0 saturated heterocycles. The molecule has 0 N–H and O–H groups in total. The Balaban J connectivity index is 1.93. The molecular formula is C21H22BrNO2. The fraction of sp³-hybridized carbons (Fsp3) is 0.333. The van der Waals surface area contributed by atoms with Crippen LogP contribution in [0.15, 0.2) is 46.9 Å². The van der Waals surface area contributed by atoms with Gasteiger partial charge in [0.15, 0.2) is 11.5 Å². The lowest BCUT2D eigenvalue weighted by Crippen LogP contribution is -2.59. The molecule has 3 nitrogen and oxygen atoms in total. The number of hydrogen-bond donors (Lipinski definition) is 0. The van der Waals surface area contributed by atoms with E-state index in [1.54, 1.807) is 7.11 Å². The molecule has 2 aromatic carbocycles. The lowest BCUT2D eigenvalue weighted by atomic mass is 9.76. The Morgan fingerprint density at radius 2 is 1.96 bits per heavy atom. The zero-order valence-corrected chi connectivity index (χ0v) is 16.6. The van der Waals surface area contributed by atoms with E-state index in [0.717, 1.165) is 28.1 Å². The normalized spacial score (nSPS) is 22.5. The molecule has 4 rings (SSSR count). The summed E-state index contributed by atoms with van der Waals surface area (Å²) in [5.41, 5.74) is 2.80. The SMILES string of the molecule is CCN1c2ccccc2C(C)(C)C12C=Cc1cc(Br)cc(OC)c1O2. The van der Waals surface area contributed by atoms with Gasteiger partial charge in [-0.1, -0.05) is 34.1 Å². The van der Waals surface area contributed by atoms with Gasteiger partial charge in [0.1, 0.15) is 0 Å². The van der Waals surface area contributed by atoms with Crippen LogP contribution >= 0.6 is 15.9 Å². The van der Waals surface area contributed by atoms with Gasteiger partial charge < -0.3 is 14.4 Å². The monoisotopic (exact) mass is 399 g/mol. The average Bonchev–Trinajstić information content (AvgIpc) is 2.79. The third kappa shape index (κ3) is 2.10. The van der Waals surface area contributed by atoms with Crippen molar-refractivity contribution in [3.05, 3.63) is 58.1 Å². The fourth-order valence-corrected chi connectivity index (χ4v) is 4.65. The van der Waals surface area contributed by atoms with Crippen molar-refractivity contribution in [3.8, 4) is 11.5 Å². The number of rotatable bonds is 2. The number of halogens is 1. The van der Waals surface area contributed by atoms with Crippen LogP contribution in [0.1, 0.15) is 31.9 Å². The van der Waals surface area contributed by atoms with Crippen molar-refractivity contribution in [1.29, 1.82) is 0 Å². The molecule has 0 bridgehead atoms. The number of benzene rings is 2. The molecule has 2 aliphatic rings. The Bertz CT molecular complexity index is 874. The lowest BCUT2D eigenvalue weighted by molar-refractivity contribution is 0.0515. The molecule has 0 saturated carbocycles. The van der Waals surface area contributed by atoms with Crippen LogP contribution in [0.2, 0.25) is 0 Å². The minimum atomic E-state index is -0.570. The summed E-state index contributed by atoms with van der Waals surface area (Å²) in [6.07, 6.45) is 4.35. The van der Waals surface area contributed by atoms with E-state index >= 15 is 0 Å². The molecule has 1 unspecified atom stereocenters. The minimum absolute atomic E-state index is 0.203. The van der Waals surface area contributed by atoms with Gasteiger partial charge in [0, 0.05) is 22.3 Å². The Hall–Kier alpha value is -1.94. The first-order valence-electron chi connectivity index (χ1n) is 8.57. The third-order valence-corrected chi connectivity index (χ3v) is 5.95. The summed E-state index contributed by atoms with van der Waals surface area (Å²) in [5, 5.41) is 0. The van der Waals surface area contributed by atoms with Crippen LogP contribution in [0.4, 0.5) is 5.69 Å². The number of anilines is 1. The molecule has 0 aromatic heterocycles. The number of nitrogens with zero attached hydrogens (tertiary/aromatic N) is 1. The van der Waals surface area contributed by atoms with Gasteiger partial charge in [0.25, 0.3) is 0 Å². The molecule has 130 valence electrons. The lowest BCUT2D eigenvalue weighted by Gasteiger charge is -2.47. The van der Waals surface area contributed by atoms with E-state index in [1.165, 1.54) is 11.3 Å². The molecule has 25 heavy (non-hydrogen) atoms. The van der Waals surface area contributed by atoms with Gasteiger partial charge in [-0.25, -0.2) is 0 Å². The van der Waals surface area contributed by atoms with Crippen LogP contribution in [0.5, 0.6) is 11.5 Å². The van der Waals surface area contributed by atoms with Crippen molar-refractivity contribution in [2.45, 2.75) is 31.9 Å². The second-order valence-corrected chi connectivity index (χ2v) is 7.96. The molecule has 1 spiro atoms. The number of likely N-dealkylation sites (N-methyl/N-ethyl adjacent to an activating group) is 1. The van der Waals surface area contributed by atoms with Crippen LogP contribution < -0.4 is 14.4 Å². The summed E-state index contributed by atoms with van der Waals surface area (Å²) < 4.78 is 13.3. The van der Waals surface area contributed by atoms with Gasteiger partial charge in [-0.2, -0.15) is 0 Å². The van der Waals surface area contributed by atoms with E-state index in [-0.39, 0.29) is 5.41 Å². The summed E-state index contributed by atoms with van der Waals surface area (Å²) in [6.45, 7) is 7.54. The van der Waals surface area contributed by atoms with Crippen LogP contribution in [0, 0.1) is 0 Å². The van der Waals surface area contributed by atoms with Gasteiger partial charge in [-0.05, 0) is 56.7 Å². The number of ether oxygens (including phenoxy) is 2. The summed E-state index contributed by atoms with van der Waals surface area (Å²) in [5.74, 6) is 1.54. The maximum Gasteiger partial charge on any atom is 0.212 e. The molecule has 2 heterocycles. The van der Waals surface area contributed by atoms with Crippen LogP contribution in [-0.2, 0) is 5.41 Å². The first kappa shape index (κ1) is 16.5. The van der Waals surface area contributed by atoms with Gasteiger partial charge in [-0.15, -0.1) is 0 Å². The average molecular weight is 400 g/mol. The molecule has 0 radical (unpaired) electrons. The Labute approximate surface area is 157 Å². The fourth-order valence-electron chi connectivity index (χ4n) is 4.20. The highest BCUT2D eigenvalue weighted by Gasteiger charge is 2.58. The van der Waals surface area contributed by atoms with E-state index in [2.05, 4.69) is 84.1 Å². The zero-order valence-electron chi connectivity index (χ0n) is 15.0. The van der Waals surface area contributed by atoms with Crippen molar-refractivity contribution < 1.29 is 9.47 Å². The summed E-state index contributed by atoms with van der Waals surface area (Å²) >= 11 is 3.55. The van der Waals surface area contributed by atoms with Gasteiger partial charge in [-0.3, -0.25) is 0 Å². The van der Waals surface area contributed by atoms with Crippen LogP contribution in [-0.4, -0.2) is 19.4 Å². The highest BCUT2D eigenvalue weighted by atomic mass is 79.9. The highest BCUT2D eigenvalue weighted by Crippen LogP contribution is 2.56. The molecule has 2 aliphatic heterocycles. The van der Waals surface area contributed by atoms with Gasteiger partial charge in [0.2, 0.25) is 5.72 Å². The number of para-hydroxylation sites is 1. The molecule has 1 atom stereocenters. The van der Waals surface area contributed by atoms with Gasteiger partial charge in [0.05, 0.1) is 12.5 Å². The Morgan fingerprint density at radius 1 is 1.20 bits per heavy atom. The first-order valence-corrected chi connectivity index (χ1v) is 9.37. The molecule has 4 heteroatoms. The van der Waals surface area contributed by atoms with Crippen molar-refractivity contribution in [3.63, 3.8) is 0 Å². The highest BCUT2D eigenvalue weighted by molar-refractivity contribution is 9.10. The summed E-state index contributed by atoms with van der Waals surface area (Å²) in [7, 11) is 1.68. The number of methoxy groups -OCH3 is 1. The van der Waals surface area contributed by atoms with E-state index < -0.39 is 5.72 Å². The maximum absolute atomic E-state index is 6.75. The minimum Gasteiger partial charge on any atom is -0.493 e. The molecule has 0 aliphatic carbocycles. The van der Waals surface area contributed by atoms with E-state index in [0.29, 0.717) is 0 Å². The topological polar surface area (TPSA) is 21.7 Å². The van der Waals surface area contributed by atoms with E-state index in [9.17, 15) is 0 Å². The second-order valence-electron chi connectivity index (χ2n) is 7.04. The van der Waals surface area contributed by atoms with Crippen LogP contribution in [0.3, 0.4) is 0 Å². The largest absolute Gasteiger partial charge is 0.493 e. The Kier molecular flexibility index (Phi) is 3.66. The third-order valence-electron chi connectivity index (χ3n) is 5.50. The predicted octanol–water partition coefficient (Wildman–Crippen LogP) is 5.38. The van der Waals surface area contributed by atoms with E-state index in [4.69, 9.17) is 9.47 Å². The summed E-state index contributed by atoms with van der Waals surface area (Å²) in [6, 6.07) is 12.6. The number of fused-ring (bicyclic) bond motifs is 2. The number of hydrogen-bond acceptors (Lipinski definition) is 3. The van der Waals surface area contributed by atoms with Gasteiger partial charge >= 0.3 is 0 Å². The standard InChI is InChI=1S/C21H22BrNO2/c1-5-23-17-9-7-6-8-16(17)20(2,3)21(23)11-10-14-12-15(22)13-18(24-4)19(14)25-21/h6-13H,5H2,1-4H3. The quantitative estimate of drug-likeness (QED) is 0.676. The Morgan fingerprint density at radius 3 is 2.68 bits per heavy atom. The smallest absolute Gasteiger partial charge is 0.212 e. The van der Waals surface area contributed by atoms with Crippen molar-refractivity contribution in [2.75, 3.05) is 18.6 Å². The summed E-state index contributed by atoms with van der Waals surface area (Å²) in [4.78, 5) is 2.35. The maximum atomic E-state index is 6.75. The van der Waals surface area contributed by atoms with Crippen LogP contribution in [0.25, 0.3) is 6.08 Å².